The van der Waals surface area contributed by atoms with Crippen LogP contribution >= 0.6 is 15.9 Å². The van der Waals surface area contributed by atoms with Crippen LogP contribution in [0.25, 0.3) is 0 Å². The van der Waals surface area contributed by atoms with Gasteiger partial charge in [-0.25, -0.2) is 4.39 Å². The van der Waals surface area contributed by atoms with Gasteiger partial charge in [-0.05, 0) is 24.3 Å². The maximum atomic E-state index is 13.6. The molecule has 0 aliphatic carbocycles. The third-order valence-corrected chi connectivity index (χ3v) is 3.32. The predicted molar refractivity (Wildman–Crippen MR) is 69.0 cm³/mol. The Morgan fingerprint density at radius 2 is 2.11 bits per heavy atom. The van der Waals surface area contributed by atoms with Crippen LogP contribution in [-0.4, -0.2) is 17.2 Å². The van der Waals surface area contributed by atoms with Crippen LogP contribution in [0.2, 0.25) is 0 Å². The Labute approximate surface area is 112 Å². The lowest BCUT2D eigenvalue weighted by molar-refractivity contribution is 0.213. The standard InChI is InChI=1S/C13H11BrFNO2/c1-18-8-2-3-11(14)10(6-8)13(17)9-4-5-16-7-12(9)15/h2-7,13,17H,1H3. The topological polar surface area (TPSA) is 42.4 Å². The van der Waals surface area contributed by atoms with Gasteiger partial charge in [-0.2, -0.15) is 0 Å². The zero-order chi connectivity index (χ0) is 13.1. The fraction of sp³-hybridized carbons (Fsp3) is 0.154. The highest BCUT2D eigenvalue weighted by Crippen LogP contribution is 2.32. The first-order valence-electron chi connectivity index (χ1n) is 5.24. The molecule has 2 aromatic rings. The van der Waals surface area contributed by atoms with Gasteiger partial charge in [-0.15, -0.1) is 0 Å². The molecule has 0 amide bonds. The second kappa shape index (κ2) is 5.46. The van der Waals surface area contributed by atoms with Crippen molar-refractivity contribution in [2.45, 2.75) is 6.10 Å². The van der Waals surface area contributed by atoms with Crippen LogP contribution in [0.4, 0.5) is 4.39 Å². The summed E-state index contributed by atoms with van der Waals surface area (Å²) in [5.74, 6) is 0.0569. The van der Waals surface area contributed by atoms with Crippen LogP contribution in [0.3, 0.4) is 0 Å². The molecule has 0 saturated heterocycles. The molecule has 1 heterocycles. The van der Waals surface area contributed by atoms with Gasteiger partial charge in [0.15, 0.2) is 0 Å². The van der Waals surface area contributed by atoms with Crippen molar-refractivity contribution in [3.05, 3.63) is 58.1 Å². The Morgan fingerprint density at radius 1 is 1.33 bits per heavy atom. The molecule has 1 atom stereocenters. The van der Waals surface area contributed by atoms with Crippen LogP contribution in [-0.2, 0) is 0 Å². The Hall–Kier alpha value is -1.46. The van der Waals surface area contributed by atoms with Crippen molar-refractivity contribution in [3.8, 4) is 5.75 Å². The van der Waals surface area contributed by atoms with Gasteiger partial charge in [0.25, 0.3) is 0 Å². The highest BCUT2D eigenvalue weighted by atomic mass is 79.9. The van der Waals surface area contributed by atoms with Gasteiger partial charge >= 0.3 is 0 Å². The second-order valence-electron chi connectivity index (χ2n) is 3.69. The monoisotopic (exact) mass is 311 g/mol. The maximum absolute atomic E-state index is 13.6. The highest BCUT2D eigenvalue weighted by Gasteiger charge is 2.18. The third-order valence-electron chi connectivity index (χ3n) is 2.60. The van der Waals surface area contributed by atoms with Crippen LogP contribution in [0, 0.1) is 5.82 Å². The number of nitrogens with zero attached hydrogens (tertiary/aromatic N) is 1. The lowest BCUT2D eigenvalue weighted by Crippen LogP contribution is -2.04. The van der Waals surface area contributed by atoms with Gasteiger partial charge in [0, 0.05) is 21.8 Å². The first kappa shape index (κ1) is 13.0. The Kier molecular flexibility index (Phi) is 3.93. The normalized spacial score (nSPS) is 12.2. The third kappa shape index (κ3) is 2.52. The highest BCUT2D eigenvalue weighted by molar-refractivity contribution is 9.10. The summed E-state index contributed by atoms with van der Waals surface area (Å²) in [4.78, 5) is 3.65. The summed E-state index contributed by atoms with van der Waals surface area (Å²) in [7, 11) is 1.53. The van der Waals surface area contributed by atoms with Crippen molar-refractivity contribution in [2.75, 3.05) is 7.11 Å². The van der Waals surface area contributed by atoms with Crippen molar-refractivity contribution in [2.24, 2.45) is 0 Å². The molecule has 0 aliphatic heterocycles. The number of hydrogen-bond acceptors (Lipinski definition) is 3. The fourth-order valence-corrected chi connectivity index (χ4v) is 2.10. The van der Waals surface area contributed by atoms with Crippen molar-refractivity contribution >= 4 is 15.9 Å². The SMILES string of the molecule is COc1ccc(Br)c(C(O)c2ccncc2F)c1. The number of aliphatic hydroxyl groups is 1. The number of ether oxygens (including phenoxy) is 1. The molecule has 1 unspecified atom stereocenters. The zero-order valence-electron chi connectivity index (χ0n) is 9.60. The Morgan fingerprint density at radius 3 is 2.78 bits per heavy atom. The molecule has 0 spiro atoms. The molecule has 0 aliphatic rings. The minimum absolute atomic E-state index is 0.180. The average molecular weight is 312 g/mol. The van der Waals surface area contributed by atoms with E-state index in [1.165, 1.54) is 19.4 Å². The number of hydrogen-bond donors (Lipinski definition) is 1. The minimum atomic E-state index is -1.07. The molecule has 18 heavy (non-hydrogen) atoms. The van der Waals surface area contributed by atoms with Gasteiger partial charge < -0.3 is 9.84 Å². The second-order valence-corrected chi connectivity index (χ2v) is 4.54. The van der Waals surface area contributed by atoms with Crippen molar-refractivity contribution in [3.63, 3.8) is 0 Å². The van der Waals surface area contributed by atoms with Crippen LogP contribution in [0.5, 0.6) is 5.75 Å². The molecular weight excluding hydrogens is 301 g/mol. The molecule has 0 saturated carbocycles. The molecule has 0 fully saturated rings. The molecular formula is C13H11BrFNO2. The first-order valence-corrected chi connectivity index (χ1v) is 6.03. The van der Waals surface area contributed by atoms with E-state index in [0.717, 1.165) is 6.20 Å². The summed E-state index contributed by atoms with van der Waals surface area (Å²) in [5.41, 5.74) is 0.721. The lowest BCUT2D eigenvalue weighted by atomic mass is 10.0. The number of benzene rings is 1. The quantitative estimate of drug-likeness (QED) is 0.947. The summed E-state index contributed by atoms with van der Waals surface area (Å²) >= 11 is 3.33. The molecule has 94 valence electrons. The van der Waals surface area contributed by atoms with E-state index in [1.54, 1.807) is 18.2 Å². The van der Waals surface area contributed by atoms with Gasteiger partial charge in [-0.3, -0.25) is 4.98 Å². The number of rotatable bonds is 3. The summed E-state index contributed by atoms with van der Waals surface area (Å²) in [6.45, 7) is 0. The number of pyridine rings is 1. The predicted octanol–water partition coefficient (Wildman–Crippen LogP) is 3.07. The zero-order valence-corrected chi connectivity index (χ0v) is 11.2. The van der Waals surface area contributed by atoms with E-state index < -0.39 is 11.9 Å². The number of halogens is 2. The van der Waals surface area contributed by atoms with Crippen LogP contribution in [0.15, 0.2) is 41.1 Å². The Bertz CT molecular complexity index is 562. The van der Waals surface area contributed by atoms with Gasteiger partial charge in [0.05, 0.1) is 13.3 Å². The van der Waals surface area contributed by atoms with Crippen molar-refractivity contribution < 1.29 is 14.2 Å². The lowest BCUT2D eigenvalue weighted by Gasteiger charge is -2.14. The van der Waals surface area contributed by atoms with Crippen LogP contribution < -0.4 is 4.74 Å². The van der Waals surface area contributed by atoms with E-state index in [2.05, 4.69) is 20.9 Å². The molecule has 2 rings (SSSR count). The summed E-state index contributed by atoms with van der Waals surface area (Å²) in [6, 6.07) is 6.61. The van der Waals surface area contributed by atoms with Crippen LogP contribution in [0.1, 0.15) is 17.2 Å². The molecule has 1 aromatic heterocycles. The van der Waals surface area contributed by atoms with Gasteiger partial charge in [0.2, 0.25) is 0 Å². The molecule has 1 N–H and O–H groups in total. The van der Waals surface area contributed by atoms with E-state index in [1.807, 2.05) is 0 Å². The number of aliphatic hydroxyl groups excluding tert-OH is 1. The van der Waals surface area contributed by atoms with E-state index in [4.69, 9.17) is 4.74 Å². The van der Waals surface area contributed by atoms with Crippen molar-refractivity contribution in [1.82, 2.24) is 4.98 Å². The van der Waals surface area contributed by atoms with Crippen molar-refractivity contribution in [1.29, 1.82) is 0 Å². The van der Waals surface area contributed by atoms with E-state index >= 15 is 0 Å². The largest absolute Gasteiger partial charge is 0.497 e. The minimum Gasteiger partial charge on any atom is -0.497 e. The molecule has 0 radical (unpaired) electrons. The van der Waals surface area contributed by atoms with Gasteiger partial charge in [-0.1, -0.05) is 15.9 Å². The first-order chi connectivity index (χ1) is 8.63. The van der Waals surface area contributed by atoms with E-state index in [-0.39, 0.29) is 5.56 Å². The summed E-state index contributed by atoms with van der Waals surface area (Å²) in [6.07, 6.45) is 1.44. The van der Waals surface area contributed by atoms with E-state index in [9.17, 15) is 9.50 Å². The van der Waals surface area contributed by atoms with E-state index in [0.29, 0.717) is 15.8 Å². The number of methoxy groups -OCH3 is 1. The maximum Gasteiger partial charge on any atom is 0.147 e. The molecule has 0 bridgehead atoms. The smallest absolute Gasteiger partial charge is 0.147 e. The number of aromatic nitrogens is 1. The fourth-order valence-electron chi connectivity index (χ4n) is 1.63. The summed E-state index contributed by atoms with van der Waals surface area (Å²) in [5, 5.41) is 10.2. The average Bonchev–Trinajstić information content (AvgIpc) is 2.39. The Balaban J connectivity index is 2.45. The molecule has 5 heteroatoms. The molecule has 1 aromatic carbocycles. The summed E-state index contributed by atoms with van der Waals surface area (Å²) < 4.78 is 19.3. The molecule has 3 nitrogen and oxygen atoms in total. The van der Waals surface area contributed by atoms with Gasteiger partial charge in [0.1, 0.15) is 17.7 Å².